The van der Waals surface area contributed by atoms with Gasteiger partial charge in [-0.3, -0.25) is 9.69 Å². The smallest absolute Gasteiger partial charge is 0.236 e. The average Bonchev–Trinajstić information content (AvgIpc) is 3.17. The summed E-state index contributed by atoms with van der Waals surface area (Å²) in [7, 11) is 0. The Morgan fingerprint density at radius 3 is 2.41 bits per heavy atom. The first-order chi connectivity index (χ1) is 13.2. The number of amides is 1. The topological polar surface area (TPSA) is 76.1 Å². The summed E-state index contributed by atoms with van der Waals surface area (Å²) in [6.45, 7) is 2.64. The van der Waals surface area contributed by atoms with Gasteiger partial charge >= 0.3 is 0 Å². The van der Waals surface area contributed by atoms with Crippen molar-refractivity contribution in [3.63, 3.8) is 0 Å². The lowest BCUT2D eigenvalue weighted by Gasteiger charge is -2.38. The summed E-state index contributed by atoms with van der Waals surface area (Å²) in [6.07, 6.45) is 2.64. The maximum absolute atomic E-state index is 12.9. The normalized spacial score (nSPS) is 16.1. The Kier molecular flexibility index (Phi) is 6.25. The largest absolute Gasteiger partial charge is 0.348 e. The van der Waals surface area contributed by atoms with Gasteiger partial charge in [0, 0.05) is 38.1 Å². The van der Waals surface area contributed by atoms with Crippen molar-refractivity contribution in [2.75, 3.05) is 26.2 Å². The van der Waals surface area contributed by atoms with Gasteiger partial charge in [0.05, 0.1) is 37.6 Å². The lowest BCUT2D eigenvalue weighted by Crippen LogP contribution is -2.46. The lowest BCUT2D eigenvalue weighted by atomic mass is 10.00. The average molecular weight is 361 g/mol. The fourth-order valence-electron chi connectivity index (χ4n) is 3.62. The van der Waals surface area contributed by atoms with Gasteiger partial charge in [0.25, 0.3) is 0 Å². The molecule has 0 saturated heterocycles. The van der Waals surface area contributed by atoms with Gasteiger partial charge < -0.3 is 9.47 Å². The highest BCUT2D eigenvalue weighted by Crippen LogP contribution is 2.32. The minimum absolute atomic E-state index is 0.0210. The number of benzene rings is 1. The Hall–Kier alpha value is -3.09. The first-order valence-corrected chi connectivity index (χ1v) is 9.20. The molecule has 0 fully saturated rings. The molecular formula is C21H23N5O. The number of fused-ring (bicyclic) bond motifs is 1. The van der Waals surface area contributed by atoms with Crippen LogP contribution in [0.1, 0.15) is 30.1 Å². The number of hydrogen-bond donors (Lipinski definition) is 0. The van der Waals surface area contributed by atoms with Crippen LogP contribution in [0.25, 0.3) is 0 Å². The third-order valence-corrected chi connectivity index (χ3v) is 4.93. The number of aromatic nitrogens is 1. The quantitative estimate of drug-likeness (QED) is 0.759. The first-order valence-electron chi connectivity index (χ1n) is 9.20. The van der Waals surface area contributed by atoms with Crippen molar-refractivity contribution in [2.45, 2.75) is 25.4 Å². The Morgan fingerprint density at radius 2 is 1.74 bits per heavy atom. The van der Waals surface area contributed by atoms with Crippen LogP contribution in [0, 0.1) is 22.7 Å². The summed E-state index contributed by atoms with van der Waals surface area (Å²) in [4.78, 5) is 16.7. The molecule has 6 nitrogen and oxygen atoms in total. The first kappa shape index (κ1) is 18.7. The molecule has 2 heterocycles. The van der Waals surface area contributed by atoms with Crippen LogP contribution in [-0.4, -0.2) is 46.5 Å². The Bertz CT molecular complexity index is 827. The third-order valence-electron chi connectivity index (χ3n) is 4.93. The van der Waals surface area contributed by atoms with Crippen LogP contribution in [0.5, 0.6) is 0 Å². The van der Waals surface area contributed by atoms with Gasteiger partial charge in [-0.2, -0.15) is 10.5 Å². The molecule has 1 aromatic carbocycles. The van der Waals surface area contributed by atoms with Crippen molar-refractivity contribution in [1.82, 2.24) is 14.4 Å². The molecule has 27 heavy (non-hydrogen) atoms. The zero-order valence-corrected chi connectivity index (χ0v) is 15.3. The number of rotatable bonds is 7. The van der Waals surface area contributed by atoms with E-state index in [2.05, 4.69) is 46.0 Å². The van der Waals surface area contributed by atoms with Gasteiger partial charge in [-0.05, 0) is 17.7 Å². The van der Waals surface area contributed by atoms with E-state index in [1.54, 1.807) is 4.90 Å². The van der Waals surface area contributed by atoms with Crippen molar-refractivity contribution >= 4 is 5.91 Å². The molecule has 3 rings (SSSR count). The van der Waals surface area contributed by atoms with Crippen LogP contribution in [0.4, 0.5) is 0 Å². The number of nitriles is 2. The summed E-state index contributed by atoms with van der Waals surface area (Å²) in [5.74, 6) is -0.0264. The molecule has 0 N–H and O–H groups in total. The maximum Gasteiger partial charge on any atom is 0.236 e. The van der Waals surface area contributed by atoms with Gasteiger partial charge in [0.1, 0.15) is 0 Å². The van der Waals surface area contributed by atoms with Gasteiger partial charge in [-0.25, -0.2) is 0 Å². The second kappa shape index (κ2) is 9.02. The molecule has 1 aliphatic rings. The Balaban J connectivity index is 1.80. The third kappa shape index (κ3) is 4.36. The predicted molar refractivity (Wildman–Crippen MR) is 101 cm³/mol. The molecule has 1 amide bonds. The van der Waals surface area contributed by atoms with Crippen LogP contribution in [0.3, 0.4) is 0 Å². The van der Waals surface area contributed by atoms with Crippen LogP contribution in [0.2, 0.25) is 0 Å². The monoisotopic (exact) mass is 361 g/mol. The van der Waals surface area contributed by atoms with Gasteiger partial charge in [0.2, 0.25) is 5.91 Å². The van der Waals surface area contributed by atoms with Crippen LogP contribution in [0.15, 0.2) is 48.7 Å². The van der Waals surface area contributed by atoms with Gasteiger partial charge in [0.15, 0.2) is 0 Å². The highest BCUT2D eigenvalue weighted by Gasteiger charge is 2.30. The fourth-order valence-corrected chi connectivity index (χ4v) is 3.62. The van der Waals surface area contributed by atoms with E-state index in [0.717, 1.165) is 18.7 Å². The van der Waals surface area contributed by atoms with E-state index >= 15 is 0 Å². The van der Waals surface area contributed by atoms with E-state index in [1.807, 2.05) is 24.3 Å². The molecule has 6 heteroatoms. The number of carbonyl (C=O) groups is 1. The Morgan fingerprint density at radius 1 is 1.04 bits per heavy atom. The van der Waals surface area contributed by atoms with Crippen LogP contribution < -0.4 is 0 Å². The molecule has 1 atom stereocenters. The molecule has 138 valence electrons. The molecule has 0 saturated carbocycles. The molecule has 0 unspecified atom stereocenters. The van der Waals surface area contributed by atoms with E-state index < -0.39 is 0 Å². The molecule has 0 aliphatic carbocycles. The van der Waals surface area contributed by atoms with Crippen molar-refractivity contribution in [1.29, 1.82) is 10.5 Å². The van der Waals surface area contributed by atoms with E-state index in [4.69, 9.17) is 10.5 Å². The van der Waals surface area contributed by atoms with E-state index in [9.17, 15) is 4.79 Å². The van der Waals surface area contributed by atoms with E-state index in [-0.39, 0.29) is 31.3 Å². The summed E-state index contributed by atoms with van der Waals surface area (Å²) in [6, 6.07) is 18.6. The van der Waals surface area contributed by atoms with E-state index in [0.29, 0.717) is 13.1 Å². The number of nitrogens with zero attached hydrogens (tertiary/aromatic N) is 5. The van der Waals surface area contributed by atoms with Gasteiger partial charge in [-0.15, -0.1) is 0 Å². The molecular weight excluding hydrogens is 338 g/mol. The molecule has 1 aromatic heterocycles. The zero-order chi connectivity index (χ0) is 19.1. The number of hydrogen-bond acceptors (Lipinski definition) is 4. The molecule has 0 bridgehead atoms. The maximum atomic E-state index is 12.9. The minimum atomic E-state index is -0.0264. The van der Waals surface area contributed by atoms with Crippen molar-refractivity contribution in [2.24, 2.45) is 0 Å². The van der Waals surface area contributed by atoms with Crippen LogP contribution >= 0.6 is 0 Å². The standard InChI is InChI=1S/C21H23N5O/c22-10-5-13-25(14-6-11-23)20(27)17-26-16-15-24-12-4-9-19(24)21(26)18-7-2-1-3-8-18/h1-4,7-9,12,21H,5-6,13-17H2/t21-/m0/s1. The minimum Gasteiger partial charge on any atom is -0.348 e. The van der Waals surface area contributed by atoms with Crippen molar-refractivity contribution in [3.05, 3.63) is 59.9 Å². The summed E-state index contributed by atoms with van der Waals surface area (Å²) in [5.41, 5.74) is 2.34. The van der Waals surface area contributed by atoms with Crippen molar-refractivity contribution < 1.29 is 4.79 Å². The Labute approximate surface area is 159 Å². The molecule has 2 aromatic rings. The summed E-state index contributed by atoms with van der Waals surface area (Å²) < 4.78 is 2.24. The summed E-state index contributed by atoms with van der Waals surface area (Å²) in [5, 5.41) is 17.7. The molecule has 0 radical (unpaired) electrons. The lowest BCUT2D eigenvalue weighted by molar-refractivity contribution is -0.133. The SMILES string of the molecule is N#CCCN(CCC#N)C(=O)CN1CCn2cccc2[C@@H]1c1ccccc1. The van der Waals surface area contributed by atoms with E-state index in [1.165, 1.54) is 5.69 Å². The second-order valence-electron chi connectivity index (χ2n) is 6.61. The summed E-state index contributed by atoms with van der Waals surface area (Å²) >= 11 is 0. The number of carbonyl (C=O) groups excluding carboxylic acids is 1. The highest BCUT2D eigenvalue weighted by molar-refractivity contribution is 5.78. The predicted octanol–water partition coefficient (Wildman–Crippen LogP) is 2.55. The highest BCUT2D eigenvalue weighted by atomic mass is 16.2. The van der Waals surface area contributed by atoms with Gasteiger partial charge in [-0.1, -0.05) is 30.3 Å². The van der Waals surface area contributed by atoms with Crippen LogP contribution in [-0.2, 0) is 11.3 Å². The molecule has 0 spiro atoms. The fraction of sp³-hybridized carbons (Fsp3) is 0.381. The molecule has 1 aliphatic heterocycles. The zero-order valence-electron chi connectivity index (χ0n) is 15.3. The van der Waals surface area contributed by atoms with Crippen molar-refractivity contribution in [3.8, 4) is 12.1 Å². The second-order valence-corrected chi connectivity index (χ2v) is 6.61.